The van der Waals surface area contributed by atoms with Crippen LogP contribution in [0.25, 0.3) is 6.08 Å². The van der Waals surface area contributed by atoms with Crippen molar-refractivity contribution in [1.82, 2.24) is 10.3 Å². The topological polar surface area (TPSA) is 51.2 Å². The zero-order valence-electron chi connectivity index (χ0n) is 12.3. The fraction of sp³-hybridized carbons (Fsp3) is 0.429. The molecule has 0 fully saturated rings. The summed E-state index contributed by atoms with van der Waals surface area (Å²) in [5.41, 5.74) is -1.39. The molecule has 1 aromatic rings. The lowest BCUT2D eigenvalue weighted by Crippen LogP contribution is -2.32. The summed E-state index contributed by atoms with van der Waals surface area (Å²) in [6.07, 6.45) is -1.09. The van der Waals surface area contributed by atoms with E-state index < -0.39 is 28.6 Å². The van der Waals surface area contributed by atoms with E-state index in [1.54, 1.807) is 20.8 Å². The summed E-state index contributed by atoms with van der Waals surface area (Å²) in [6, 6.07) is 0.888. The molecule has 22 heavy (non-hydrogen) atoms. The van der Waals surface area contributed by atoms with Crippen LogP contribution in [0.2, 0.25) is 5.15 Å². The molecule has 0 spiro atoms. The van der Waals surface area contributed by atoms with E-state index in [0.29, 0.717) is 0 Å². The first-order valence-corrected chi connectivity index (χ1v) is 6.73. The average molecular weight is 337 g/mol. The van der Waals surface area contributed by atoms with E-state index in [1.165, 1.54) is 18.3 Å². The molecule has 1 heterocycles. The molecule has 4 nitrogen and oxygen atoms in total. The molecule has 1 aromatic heterocycles. The second kappa shape index (κ2) is 7.00. The standard InChI is InChI=1S/C14H16ClF3N2O2/c1-13(2,3)22-12(21)19-6-4-5-9-7-10(14(16,17)18)11(15)20-8-9/h4-5,7-8H,6H2,1-3H3,(H,19,21). The van der Waals surface area contributed by atoms with Crippen LogP contribution in [-0.2, 0) is 10.9 Å². The number of alkyl carbamates (subject to hydrolysis) is 1. The van der Waals surface area contributed by atoms with Gasteiger partial charge in [0.1, 0.15) is 10.8 Å². The Hall–Kier alpha value is -1.76. The number of rotatable bonds is 3. The van der Waals surface area contributed by atoms with Crippen LogP contribution < -0.4 is 5.32 Å². The fourth-order valence-electron chi connectivity index (χ4n) is 1.41. The van der Waals surface area contributed by atoms with Gasteiger partial charge < -0.3 is 10.1 Å². The lowest BCUT2D eigenvalue weighted by atomic mass is 10.2. The van der Waals surface area contributed by atoms with Crippen molar-refractivity contribution in [3.63, 3.8) is 0 Å². The Balaban J connectivity index is 2.63. The van der Waals surface area contributed by atoms with E-state index in [-0.39, 0.29) is 12.1 Å². The molecule has 1 N–H and O–H groups in total. The third-order valence-corrected chi connectivity index (χ3v) is 2.54. The summed E-state index contributed by atoms with van der Waals surface area (Å²) >= 11 is 5.42. The Morgan fingerprint density at radius 3 is 2.59 bits per heavy atom. The van der Waals surface area contributed by atoms with Gasteiger partial charge in [-0.3, -0.25) is 0 Å². The molecule has 0 aliphatic heterocycles. The monoisotopic (exact) mass is 336 g/mol. The Morgan fingerprint density at radius 1 is 1.41 bits per heavy atom. The molecule has 0 aromatic carbocycles. The highest BCUT2D eigenvalue weighted by Gasteiger charge is 2.34. The Labute approximate surface area is 131 Å². The quantitative estimate of drug-likeness (QED) is 0.838. The molecular weight excluding hydrogens is 321 g/mol. The summed E-state index contributed by atoms with van der Waals surface area (Å²) in [7, 11) is 0. The van der Waals surface area contributed by atoms with Gasteiger partial charge >= 0.3 is 12.3 Å². The molecule has 0 bridgehead atoms. The van der Waals surface area contributed by atoms with E-state index in [9.17, 15) is 18.0 Å². The SMILES string of the molecule is CC(C)(C)OC(=O)NCC=Cc1cnc(Cl)c(C(F)(F)F)c1. The maximum atomic E-state index is 12.7. The third-order valence-electron chi connectivity index (χ3n) is 2.24. The lowest BCUT2D eigenvalue weighted by Gasteiger charge is -2.19. The molecule has 0 saturated heterocycles. The van der Waals surface area contributed by atoms with Gasteiger partial charge in [-0.05, 0) is 32.4 Å². The predicted octanol–water partition coefficient (Wildman–Crippen LogP) is 4.29. The summed E-state index contributed by atoms with van der Waals surface area (Å²) < 4.78 is 43.0. The van der Waals surface area contributed by atoms with Gasteiger partial charge in [-0.2, -0.15) is 13.2 Å². The molecule has 122 valence electrons. The van der Waals surface area contributed by atoms with Gasteiger partial charge in [0.25, 0.3) is 0 Å². The number of aromatic nitrogens is 1. The van der Waals surface area contributed by atoms with Crippen molar-refractivity contribution in [1.29, 1.82) is 0 Å². The number of halogens is 4. The van der Waals surface area contributed by atoms with Gasteiger partial charge in [0.2, 0.25) is 0 Å². The summed E-state index contributed by atoms with van der Waals surface area (Å²) in [6.45, 7) is 5.28. The van der Waals surface area contributed by atoms with Crippen LogP contribution in [0, 0.1) is 0 Å². The maximum absolute atomic E-state index is 12.7. The number of carbonyl (C=O) groups excluding carboxylic acids is 1. The minimum Gasteiger partial charge on any atom is -0.444 e. The lowest BCUT2D eigenvalue weighted by molar-refractivity contribution is -0.137. The van der Waals surface area contributed by atoms with Gasteiger partial charge in [-0.1, -0.05) is 23.8 Å². The zero-order valence-corrected chi connectivity index (χ0v) is 13.0. The normalized spacial score (nSPS) is 12.5. The highest BCUT2D eigenvalue weighted by Crippen LogP contribution is 2.34. The van der Waals surface area contributed by atoms with E-state index in [1.807, 2.05) is 0 Å². The van der Waals surface area contributed by atoms with Gasteiger partial charge in [0.05, 0.1) is 5.56 Å². The minimum atomic E-state index is -4.57. The number of pyridine rings is 1. The van der Waals surface area contributed by atoms with Crippen LogP contribution in [0.15, 0.2) is 18.3 Å². The molecule has 0 unspecified atom stereocenters. The molecule has 0 radical (unpaired) electrons. The van der Waals surface area contributed by atoms with Crippen molar-refractivity contribution in [2.45, 2.75) is 32.5 Å². The highest BCUT2D eigenvalue weighted by atomic mass is 35.5. The van der Waals surface area contributed by atoms with Gasteiger partial charge in [-0.25, -0.2) is 9.78 Å². The number of ether oxygens (including phenoxy) is 1. The van der Waals surface area contributed by atoms with Gasteiger partial charge in [0.15, 0.2) is 0 Å². The molecule has 8 heteroatoms. The summed E-state index contributed by atoms with van der Waals surface area (Å²) in [4.78, 5) is 14.8. The smallest absolute Gasteiger partial charge is 0.419 e. The number of hydrogen-bond acceptors (Lipinski definition) is 3. The van der Waals surface area contributed by atoms with Crippen LogP contribution in [0.4, 0.5) is 18.0 Å². The van der Waals surface area contributed by atoms with E-state index >= 15 is 0 Å². The van der Waals surface area contributed by atoms with Crippen molar-refractivity contribution in [3.8, 4) is 0 Å². The van der Waals surface area contributed by atoms with E-state index in [0.717, 1.165) is 6.07 Å². The average Bonchev–Trinajstić information content (AvgIpc) is 2.33. The van der Waals surface area contributed by atoms with Gasteiger partial charge in [-0.15, -0.1) is 0 Å². The van der Waals surface area contributed by atoms with E-state index in [4.69, 9.17) is 16.3 Å². The first-order valence-electron chi connectivity index (χ1n) is 6.35. The Morgan fingerprint density at radius 2 is 2.05 bits per heavy atom. The minimum absolute atomic E-state index is 0.110. The Bertz CT molecular complexity index is 566. The fourth-order valence-corrected chi connectivity index (χ4v) is 1.62. The van der Waals surface area contributed by atoms with Crippen molar-refractivity contribution < 1.29 is 22.7 Å². The van der Waals surface area contributed by atoms with Gasteiger partial charge in [0, 0.05) is 12.7 Å². The number of nitrogens with zero attached hydrogens (tertiary/aromatic N) is 1. The van der Waals surface area contributed by atoms with Crippen molar-refractivity contribution in [2.24, 2.45) is 0 Å². The second-order valence-corrected chi connectivity index (χ2v) is 5.75. The van der Waals surface area contributed by atoms with Crippen LogP contribution >= 0.6 is 11.6 Å². The number of alkyl halides is 3. The zero-order chi connectivity index (χ0) is 17.0. The van der Waals surface area contributed by atoms with Crippen LogP contribution in [0.3, 0.4) is 0 Å². The second-order valence-electron chi connectivity index (χ2n) is 5.39. The third kappa shape index (κ3) is 6.34. The molecule has 0 saturated carbocycles. The number of amides is 1. The molecule has 1 amide bonds. The Kier molecular flexibility index (Phi) is 5.82. The predicted molar refractivity (Wildman–Crippen MR) is 77.5 cm³/mol. The van der Waals surface area contributed by atoms with Crippen LogP contribution in [0.1, 0.15) is 31.9 Å². The van der Waals surface area contributed by atoms with E-state index in [2.05, 4.69) is 10.3 Å². The molecule has 1 rings (SSSR count). The highest BCUT2D eigenvalue weighted by molar-refractivity contribution is 6.30. The van der Waals surface area contributed by atoms with Crippen LogP contribution in [-0.4, -0.2) is 23.2 Å². The molecule has 0 aliphatic carbocycles. The maximum Gasteiger partial charge on any atom is 0.419 e. The van der Waals surface area contributed by atoms with Crippen molar-refractivity contribution in [3.05, 3.63) is 34.6 Å². The number of hydrogen-bond donors (Lipinski definition) is 1. The molecule has 0 aliphatic rings. The summed E-state index contributed by atoms with van der Waals surface area (Å²) in [5, 5.41) is 1.85. The summed E-state index contributed by atoms with van der Waals surface area (Å²) in [5.74, 6) is 0. The number of nitrogens with one attached hydrogen (secondary N) is 1. The first-order chi connectivity index (χ1) is 9.99. The van der Waals surface area contributed by atoms with Crippen molar-refractivity contribution >= 4 is 23.8 Å². The molecular formula is C14H16ClF3N2O2. The number of carbonyl (C=O) groups is 1. The van der Waals surface area contributed by atoms with Crippen LogP contribution in [0.5, 0.6) is 0 Å². The molecule has 0 atom stereocenters. The van der Waals surface area contributed by atoms with Crippen molar-refractivity contribution in [2.75, 3.05) is 6.54 Å². The first kappa shape index (κ1) is 18.3. The largest absolute Gasteiger partial charge is 0.444 e.